The fraction of sp³-hybridized carbons (Fsp3) is 1.00. The van der Waals surface area contributed by atoms with E-state index in [0.717, 1.165) is 41.7 Å². The molecule has 21 heavy (non-hydrogen) atoms. The van der Waals surface area contributed by atoms with Crippen LogP contribution in [0.5, 0.6) is 0 Å². The lowest BCUT2D eigenvalue weighted by atomic mass is 9.79. The number of hydrogen-bond acceptors (Lipinski definition) is 1. The fourth-order valence-corrected chi connectivity index (χ4v) is 6.80. The third kappa shape index (κ3) is 2.80. The summed E-state index contributed by atoms with van der Waals surface area (Å²) in [6.45, 7) is 2.36. The molecule has 4 aliphatic rings. The van der Waals surface area contributed by atoms with Gasteiger partial charge in [-0.05, 0) is 74.5 Å². The molecule has 4 fully saturated rings. The van der Waals surface area contributed by atoms with Crippen LogP contribution in [0.3, 0.4) is 0 Å². The van der Waals surface area contributed by atoms with E-state index < -0.39 is 0 Å². The molecule has 0 radical (unpaired) electrons. The molecule has 4 rings (SSSR count). The lowest BCUT2D eigenvalue weighted by Crippen LogP contribution is -2.44. The van der Waals surface area contributed by atoms with E-state index in [1.165, 1.54) is 57.8 Å². The second-order valence-electron chi connectivity index (χ2n) is 8.79. The van der Waals surface area contributed by atoms with Crippen molar-refractivity contribution in [2.24, 2.45) is 29.6 Å². The standard InChI is InChI=1S/C20H35N/c1-2-5-14-6-3-7-16(11-10-14)21-20-13-15-12-19(20)18-9-4-8-17(15)18/h14-21H,2-13H2,1H3. The minimum absolute atomic E-state index is 0.857. The van der Waals surface area contributed by atoms with Crippen molar-refractivity contribution in [3.63, 3.8) is 0 Å². The molecule has 0 amide bonds. The molecule has 0 saturated heterocycles. The van der Waals surface area contributed by atoms with E-state index in [1.807, 2.05) is 0 Å². The van der Waals surface area contributed by atoms with Crippen LogP contribution in [-0.4, -0.2) is 12.1 Å². The zero-order valence-electron chi connectivity index (χ0n) is 14.0. The fourth-order valence-electron chi connectivity index (χ4n) is 6.80. The maximum absolute atomic E-state index is 4.16. The molecule has 0 aliphatic heterocycles. The number of hydrogen-bond donors (Lipinski definition) is 1. The minimum atomic E-state index is 0.857. The van der Waals surface area contributed by atoms with Crippen LogP contribution in [0.1, 0.15) is 84.0 Å². The highest BCUT2D eigenvalue weighted by Crippen LogP contribution is 2.58. The maximum atomic E-state index is 4.16. The molecule has 1 nitrogen and oxygen atoms in total. The third-order valence-electron chi connectivity index (χ3n) is 7.66. The van der Waals surface area contributed by atoms with Crippen LogP contribution < -0.4 is 5.32 Å². The first-order chi connectivity index (χ1) is 10.3. The highest BCUT2D eigenvalue weighted by atomic mass is 15.0. The van der Waals surface area contributed by atoms with E-state index in [-0.39, 0.29) is 0 Å². The van der Waals surface area contributed by atoms with Crippen molar-refractivity contribution in [2.75, 3.05) is 0 Å². The van der Waals surface area contributed by atoms with Gasteiger partial charge in [-0.3, -0.25) is 0 Å². The maximum Gasteiger partial charge on any atom is 0.0103 e. The summed E-state index contributed by atoms with van der Waals surface area (Å²) >= 11 is 0. The molecular formula is C20H35N. The molecule has 0 aromatic heterocycles. The van der Waals surface area contributed by atoms with Gasteiger partial charge in [0.05, 0.1) is 0 Å². The predicted molar refractivity (Wildman–Crippen MR) is 89.2 cm³/mol. The Kier molecular flexibility index (Phi) is 4.31. The Morgan fingerprint density at radius 1 is 0.810 bits per heavy atom. The molecular weight excluding hydrogens is 254 g/mol. The van der Waals surface area contributed by atoms with Crippen molar-refractivity contribution >= 4 is 0 Å². The monoisotopic (exact) mass is 289 g/mol. The summed E-state index contributed by atoms with van der Waals surface area (Å²) in [5, 5.41) is 4.16. The van der Waals surface area contributed by atoms with Gasteiger partial charge in [-0.15, -0.1) is 0 Å². The van der Waals surface area contributed by atoms with E-state index in [9.17, 15) is 0 Å². The molecule has 4 saturated carbocycles. The largest absolute Gasteiger partial charge is 0.311 e. The Hall–Kier alpha value is -0.0400. The summed E-state index contributed by atoms with van der Waals surface area (Å²) < 4.78 is 0. The van der Waals surface area contributed by atoms with Gasteiger partial charge in [-0.25, -0.2) is 0 Å². The van der Waals surface area contributed by atoms with Crippen LogP contribution in [0.2, 0.25) is 0 Å². The smallest absolute Gasteiger partial charge is 0.0103 e. The van der Waals surface area contributed by atoms with Gasteiger partial charge in [-0.1, -0.05) is 39.0 Å². The van der Waals surface area contributed by atoms with E-state index in [4.69, 9.17) is 0 Å². The molecule has 1 N–H and O–H groups in total. The average molecular weight is 290 g/mol. The quantitative estimate of drug-likeness (QED) is 0.706. The van der Waals surface area contributed by atoms with Crippen LogP contribution in [-0.2, 0) is 0 Å². The zero-order chi connectivity index (χ0) is 14.2. The molecule has 0 heterocycles. The molecule has 0 aromatic carbocycles. The van der Waals surface area contributed by atoms with Crippen LogP contribution in [0.4, 0.5) is 0 Å². The summed E-state index contributed by atoms with van der Waals surface area (Å²) in [5.41, 5.74) is 0. The second-order valence-corrected chi connectivity index (χ2v) is 8.79. The average Bonchev–Trinajstić information content (AvgIpc) is 3.12. The van der Waals surface area contributed by atoms with Gasteiger partial charge in [0, 0.05) is 12.1 Å². The lowest BCUT2D eigenvalue weighted by molar-refractivity contribution is 0.193. The summed E-state index contributed by atoms with van der Waals surface area (Å²) in [5.74, 6) is 5.49. The van der Waals surface area contributed by atoms with Crippen molar-refractivity contribution in [2.45, 2.75) is 96.1 Å². The van der Waals surface area contributed by atoms with Crippen molar-refractivity contribution in [3.05, 3.63) is 0 Å². The van der Waals surface area contributed by atoms with Gasteiger partial charge in [-0.2, -0.15) is 0 Å². The molecule has 4 aliphatic carbocycles. The Balaban J connectivity index is 1.31. The molecule has 120 valence electrons. The summed E-state index contributed by atoms with van der Waals surface area (Å²) in [6, 6.07) is 1.76. The van der Waals surface area contributed by atoms with Gasteiger partial charge in [0.2, 0.25) is 0 Å². The van der Waals surface area contributed by atoms with Gasteiger partial charge in [0.1, 0.15) is 0 Å². The predicted octanol–water partition coefficient (Wildman–Crippen LogP) is 5.15. The van der Waals surface area contributed by atoms with E-state index in [2.05, 4.69) is 12.2 Å². The van der Waals surface area contributed by atoms with Crippen LogP contribution in [0.15, 0.2) is 0 Å². The molecule has 0 spiro atoms. The molecule has 7 unspecified atom stereocenters. The van der Waals surface area contributed by atoms with Crippen molar-refractivity contribution < 1.29 is 0 Å². The van der Waals surface area contributed by atoms with Gasteiger partial charge < -0.3 is 5.32 Å². The molecule has 2 bridgehead atoms. The topological polar surface area (TPSA) is 12.0 Å². The van der Waals surface area contributed by atoms with Crippen molar-refractivity contribution in [1.29, 1.82) is 0 Å². The Morgan fingerprint density at radius 2 is 1.67 bits per heavy atom. The van der Waals surface area contributed by atoms with Crippen molar-refractivity contribution in [1.82, 2.24) is 5.32 Å². The minimum Gasteiger partial charge on any atom is -0.311 e. The van der Waals surface area contributed by atoms with Gasteiger partial charge >= 0.3 is 0 Å². The number of nitrogens with one attached hydrogen (secondary N) is 1. The highest BCUT2D eigenvalue weighted by Gasteiger charge is 2.53. The molecule has 0 aromatic rings. The Bertz CT molecular complexity index is 352. The summed E-state index contributed by atoms with van der Waals surface area (Å²) in [6.07, 6.45) is 18.1. The van der Waals surface area contributed by atoms with E-state index in [0.29, 0.717) is 0 Å². The first-order valence-corrected chi connectivity index (χ1v) is 10.1. The van der Waals surface area contributed by atoms with Crippen LogP contribution in [0, 0.1) is 29.6 Å². The third-order valence-corrected chi connectivity index (χ3v) is 7.66. The van der Waals surface area contributed by atoms with Crippen LogP contribution in [0.25, 0.3) is 0 Å². The van der Waals surface area contributed by atoms with E-state index in [1.54, 1.807) is 19.3 Å². The van der Waals surface area contributed by atoms with Gasteiger partial charge in [0.25, 0.3) is 0 Å². The molecule has 1 heteroatoms. The van der Waals surface area contributed by atoms with E-state index >= 15 is 0 Å². The second kappa shape index (κ2) is 6.22. The lowest BCUT2D eigenvalue weighted by Gasteiger charge is -2.34. The van der Waals surface area contributed by atoms with Crippen LogP contribution >= 0.6 is 0 Å². The van der Waals surface area contributed by atoms with Gasteiger partial charge in [0.15, 0.2) is 0 Å². The Morgan fingerprint density at radius 3 is 2.57 bits per heavy atom. The first-order valence-electron chi connectivity index (χ1n) is 10.1. The first kappa shape index (κ1) is 14.5. The summed E-state index contributed by atoms with van der Waals surface area (Å²) in [7, 11) is 0. The van der Waals surface area contributed by atoms with Crippen molar-refractivity contribution in [3.8, 4) is 0 Å². The SMILES string of the molecule is CCCC1CCCC(NC2CC3CC2C2CCCC32)CC1. The number of fused-ring (bicyclic) bond motifs is 5. The Labute approximate surface area is 131 Å². The zero-order valence-corrected chi connectivity index (χ0v) is 14.0. The number of rotatable bonds is 4. The summed E-state index contributed by atoms with van der Waals surface area (Å²) in [4.78, 5) is 0. The molecule has 7 atom stereocenters. The normalized spacial score (nSPS) is 49.3. The highest BCUT2D eigenvalue weighted by molar-refractivity contribution is 5.06.